The summed E-state index contributed by atoms with van der Waals surface area (Å²) in [4.78, 5) is 13.7. The van der Waals surface area contributed by atoms with Gasteiger partial charge >= 0.3 is 0 Å². The smallest absolute Gasteiger partial charge is 0.231 e. The number of carbonyl (C=O) groups is 1. The van der Waals surface area contributed by atoms with E-state index in [1.807, 2.05) is 49.4 Å². The molecule has 4 heteroatoms. The SMILES string of the molecule is CCN1C(=O)Cc2cc(C(O)c3ccc(OC)cc3)ccc21. The Kier molecular flexibility index (Phi) is 3.86. The van der Waals surface area contributed by atoms with Gasteiger partial charge in [-0.3, -0.25) is 4.79 Å². The summed E-state index contributed by atoms with van der Waals surface area (Å²) >= 11 is 0. The van der Waals surface area contributed by atoms with Crippen molar-refractivity contribution in [3.63, 3.8) is 0 Å². The van der Waals surface area contributed by atoms with Crippen molar-refractivity contribution in [2.45, 2.75) is 19.4 Å². The van der Waals surface area contributed by atoms with E-state index >= 15 is 0 Å². The second-order valence-corrected chi connectivity index (χ2v) is 5.38. The lowest BCUT2D eigenvalue weighted by Gasteiger charge is -2.16. The predicted molar refractivity (Wildman–Crippen MR) is 85.2 cm³/mol. The molecule has 1 amide bonds. The standard InChI is InChI=1S/C18H19NO3/c1-3-19-16-9-6-13(10-14(16)11-17(19)20)18(21)12-4-7-15(22-2)8-5-12/h4-10,18,21H,3,11H2,1-2H3. The van der Waals surface area contributed by atoms with Crippen molar-refractivity contribution in [2.24, 2.45) is 0 Å². The number of anilines is 1. The van der Waals surface area contributed by atoms with Crippen LogP contribution in [0.4, 0.5) is 5.69 Å². The lowest BCUT2D eigenvalue weighted by atomic mass is 9.98. The van der Waals surface area contributed by atoms with Crippen LogP contribution in [0.2, 0.25) is 0 Å². The number of aliphatic hydroxyl groups is 1. The van der Waals surface area contributed by atoms with Gasteiger partial charge < -0.3 is 14.7 Å². The molecule has 4 nitrogen and oxygen atoms in total. The van der Waals surface area contributed by atoms with Crippen LogP contribution in [0.25, 0.3) is 0 Å². The number of hydrogen-bond acceptors (Lipinski definition) is 3. The largest absolute Gasteiger partial charge is 0.497 e. The molecule has 0 bridgehead atoms. The van der Waals surface area contributed by atoms with Crippen LogP contribution >= 0.6 is 0 Å². The van der Waals surface area contributed by atoms with E-state index in [1.165, 1.54) is 0 Å². The number of aliphatic hydroxyl groups excluding tert-OH is 1. The lowest BCUT2D eigenvalue weighted by molar-refractivity contribution is -0.117. The van der Waals surface area contributed by atoms with Crippen molar-refractivity contribution >= 4 is 11.6 Å². The molecule has 0 fully saturated rings. The van der Waals surface area contributed by atoms with E-state index in [4.69, 9.17) is 4.74 Å². The Bertz CT molecular complexity index is 694. The van der Waals surface area contributed by atoms with Gasteiger partial charge in [-0.2, -0.15) is 0 Å². The summed E-state index contributed by atoms with van der Waals surface area (Å²) in [5, 5.41) is 10.5. The van der Waals surface area contributed by atoms with E-state index in [-0.39, 0.29) is 5.91 Å². The number of ether oxygens (including phenoxy) is 1. The van der Waals surface area contributed by atoms with Crippen molar-refractivity contribution in [2.75, 3.05) is 18.6 Å². The van der Waals surface area contributed by atoms with Gasteiger partial charge in [-0.05, 0) is 41.8 Å². The number of benzene rings is 2. The molecule has 114 valence electrons. The van der Waals surface area contributed by atoms with Crippen LogP contribution in [0.15, 0.2) is 42.5 Å². The second-order valence-electron chi connectivity index (χ2n) is 5.38. The zero-order valence-electron chi connectivity index (χ0n) is 12.7. The van der Waals surface area contributed by atoms with Gasteiger partial charge in [0.05, 0.1) is 13.5 Å². The Morgan fingerprint density at radius 3 is 2.50 bits per heavy atom. The Balaban J connectivity index is 1.89. The molecule has 0 saturated heterocycles. The lowest BCUT2D eigenvalue weighted by Crippen LogP contribution is -2.25. The molecule has 2 aromatic carbocycles. The first-order chi connectivity index (χ1) is 10.6. The summed E-state index contributed by atoms with van der Waals surface area (Å²) in [6.07, 6.45) is -0.297. The molecule has 0 saturated carbocycles. The van der Waals surface area contributed by atoms with Crippen LogP contribution in [0.3, 0.4) is 0 Å². The highest BCUT2D eigenvalue weighted by Crippen LogP contribution is 2.33. The molecule has 0 aromatic heterocycles. The fourth-order valence-electron chi connectivity index (χ4n) is 2.90. The minimum absolute atomic E-state index is 0.119. The second kappa shape index (κ2) is 5.81. The van der Waals surface area contributed by atoms with E-state index in [0.717, 1.165) is 28.1 Å². The fourth-order valence-corrected chi connectivity index (χ4v) is 2.90. The average Bonchev–Trinajstić information content (AvgIpc) is 2.88. The van der Waals surface area contributed by atoms with E-state index in [2.05, 4.69) is 0 Å². The summed E-state index contributed by atoms with van der Waals surface area (Å²) in [6, 6.07) is 13.1. The quantitative estimate of drug-likeness (QED) is 0.944. The number of amides is 1. The minimum Gasteiger partial charge on any atom is -0.497 e. The topological polar surface area (TPSA) is 49.8 Å². The molecular weight excluding hydrogens is 278 g/mol. The maximum absolute atomic E-state index is 11.9. The fraction of sp³-hybridized carbons (Fsp3) is 0.278. The average molecular weight is 297 g/mol. The zero-order chi connectivity index (χ0) is 15.7. The molecule has 2 aromatic rings. The Labute approximate surface area is 130 Å². The Hall–Kier alpha value is -2.33. The van der Waals surface area contributed by atoms with Crippen molar-refractivity contribution in [1.29, 1.82) is 0 Å². The monoisotopic (exact) mass is 297 g/mol. The first-order valence-electron chi connectivity index (χ1n) is 7.39. The van der Waals surface area contributed by atoms with Gasteiger partial charge in [0.25, 0.3) is 0 Å². The summed E-state index contributed by atoms with van der Waals surface area (Å²) in [7, 11) is 1.61. The van der Waals surface area contributed by atoms with Gasteiger partial charge in [-0.25, -0.2) is 0 Å². The highest BCUT2D eigenvalue weighted by atomic mass is 16.5. The summed E-state index contributed by atoms with van der Waals surface area (Å²) in [5.74, 6) is 0.877. The normalized spacial score (nSPS) is 14.9. The molecule has 3 rings (SSSR count). The number of hydrogen-bond donors (Lipinski definition) is 1. The molecule has 1 unspecified atom stereocenters. The third-order valence-electron chi connectivity index (χ3n) is 4.10. The molecule has 1 heterocycles. The Morgan fingerprint density at radius 1 is 1.18 bits per heavy atom. The third kappa shape index (κ3) is 2.46. The highest BCUT2D eigenvalue weighted by molar-refractivity contribution is 6.01. The predicted octanol–water partition coefficient (Wildman–Crippen LogP) is 2.69. The van der Waals surface area contributed by atoms with E-state index in [9.17, 15) is 9.90 Å². The number of likely N-dealkylation sites (N-methyl/N-ethyl adjacent to an activating group) is 1. The molecule has 0 spiro atoms. The van der Waals surface area contributed by atoms with E-state index in [1.54, 1.807) is 12.0 Å². The summed E-state index contributed by atoms with van der Waals surface area (Å²) in [6.45, 7) is 2.64. The van der Waals surface area contributed by atoms with Crippen LogP contribution in [0, 0.1) is 0 Å². The maximum atomic E-state index is 11.9. The maximum Gasteiger partial charge on any atom is 0.231 e. The number of rotatable bonds is 4. The zero-order valence-corrected chi connectivity index (χ0v) is 12.7. The molecule has 22 heavy (non-hydrogen) atoms. The number of fused-ring (bicyclic) bond motifs is 1. The third-order valence-corrected chi connectivity index (χ3v) is 4.10. The van der Waals surface area contributed by atoms with Gasteiger partial charge in [0.2, 0.25) is 5.91 Å². The van der Waals surface area contributed by atoms with Crippen molar-refractivity contribution < 1.29 is 14.6 Å². The van der Waals surface area contributed by atoms with Crippen LogP contribution in [0.1, 0.15) is 29.7 Å². The first kappa shape index (κ1) is 14.6. The highest BCUT2D eigenvalue weighted by Gasteiger charge is 2.26. The summed E-state index contributed by atoms with van der Waals surface area (Å²) in [5.41, 5.74) is 3.54. The van der Waals surface area contributed by atoms with Crippen LogP contribution in [-0.2, 0) is 11.2 Å². The molecule has 1 aliphatic heterocycles. The Morgan fingerprint density at radius 2 is 1.86 bits per heavy atom. The molecule has 0 radical (unpaired) electrons. The van der Waals surface area contributed by atoms with Crippen LogP contribution in [-0.4, -0.2) is 24.7 Å². The molecule has 1 aliphatic rings. The minimum atomic E-state index is -0.706. The number of carbonyl (C=O) groups excluding carboxylic acids is 1. The van der Waals surface area contributed by atoms with Gasteiger partial charge in [0.1, 0.15) is 11.9 Å². The van der Waals surface area contributed by atoms with Gasteiger partial charge in [-0.15, -0.1) is 0 Å². The number of nitrogens with zero attached hydrogens (tertiary/aromatic N) is 1. The van der Waals surface area contributed by atoms with Crippen LogP contribution < -0.4 is 9.64 Å². The van der Waals surface area contributed by atoms with Crippen molar-refractivity contribution in [1.82, 2.24) is 0 Å². The van der Waals surface area contributed by atoms with Gasteiger partial charge in [-0.1, -0.05) is 24.3 Å². The summed E-state index contributed by atoms with van der Waals surface area (Å²) < 4.78 is 5.13. The van der Waals surface area contributed by atoms with Crippen molar-refractivity contribution in [3.05, 3.63) is 59.2 Å². The van der Waals surface area contributed by atoms with Gasteiger partial charge in [0.15, 0.2) is 0 Å². The van der Waals surface area contributed by atoms with Gasteiger partial charge in [0, 0.05) is 12.2 Å². The van der Waals surface area contributed by atoms with Crippen LogP contribution in [0.5, 0.6) is 5.75 Å². The molecule has 1 atom stereocenters. The number of methoxy groups -OCH3 is 1. The molecule has 1 N–H and O–H groups in total. The molecule has 0 aliphatic carbocycles. The molecular formula is C18H19NO3. The van der Waals surface area contributed by atoms with E-state index in [0.29, 0.717) is 13.0 Å². The van der Waals surface area contributed by atoms with Crippen molar-refractivity contribution in [3.8, 4) is 5.75 Å². The first-order valence-corrected chi connectivity index (χ1v) is 7.39. The van der Waals surface area contributed by atoms with E-state index < -0.39 is 6.10 Å².